The van der Waals surface area contributed by atoms with E-state index in [9.17, 15) is 4.79 Å². The number of aromatic nitrogens is 2. The Morgan fingerprint density at radius 2 is 1.94 bits per heavy atom. The highest BCUT2D eigenvalue weighted by atomic mass is 35.5. The molecule has 0 bridgehead atoms. The molecule has 0 aliphatic rings. The van der Waals surface area contributed by atoms with Crippen LogP contribution in [0.15, 0.2) is 67.0 Å². The van der Waals surface area contributed by atoms with Gasteiger partial charge in [0, 0.05) is 49.7 Å². The molecule has 32 heavy (non-hydrogen) atoms. The summed E-state index contributed by atoms with van der Waals surface area (Å²) in [4.78, 5) is 23.6. The summed E-state index contributed by atoms with van der Waals surface area (Å²) >= 11 is 6.16. The van der Waals surface area contributed by atoms with Gasteiger partial charge in [-0.15, -0.1) is 0 Å². The van der Waals surface area contributed by atoms with Crippen molar-refractivity contribution >= 4 is 51.2 Å². The van der Waals surface area contributed by atoms with E-state index in [1.54, 1.807) is 12.3 Å². The maximum absolute atomic E-state index is 13.1. The highest BCUT2D eigenvalue weighted by Gasteiger charge is 2.15. The number of aryl methyl sites for hydroxylation is 1. The Balaban J connectivity index is 1.53. The number of nitrogens with two attached hydrogens (primary N) is 1. The first-order valence-corrected chi connectivity index (χ1v) is 10.6. The Bertz CT molecular complexity index is 1290. The van der Waals surface area contributed by atoms with Gasteiger partial charge in [-0.2, -0.15) is 0 Å². The second-order valence-electron chi connectivity index (χ2n) is 7.79. The molecule has 0 amide bonds. The zero-order chi connectivity index (χ0) is 22.7. The third kappa shape index (κ3) is 4.81. The van der Waals surface area contributed by atoms with Crippen LogP contribution in [0.1, 0.15) is 22.3 Å². The Labute approximate surface area is 192 Å². The quantitative estimate of drug-likeness (QED) is 0.366. The van der Waals surface area contributed by atoms with E-state index in [2.05, 4.69) is 15.3 Å². The van der Waals surface area contributed by atoms with E-state index in [0.717, 1.165) is 27.7 Å². The summed E-state index contributed by atoms with van der Waals surface area (Å²) in [6.45, 7) is 0. The van der Waals surface area contributed by atoms with E-state index in [-0.39, 0.29) is 5.78 Å². The Hall–Kier alpha value is -3.64. The van der Waals surface area contributed by atoms with Gasteiger partial charge in [-0.05, 0) is 47.7 Å². The smallest absolute Gasteiger partial charge is 0.166 e. The number of Topliss-reactive ketones (excluding diaryl/α,β-unsaturated/α-hetero) is 1. The van der Waals surface area contributed by atoms with Crippen LogP contribution in [0.2, 0.25) is 5.02 Å². The van der Waals surface area contributed by atoms with Crippen molar-refractivity contribution in [1.29, 1.82) is 0 Å². The van der Waals surface area contributed by atoms with Gasteiger partial charge in [-0.3, -0.25) is 4.79 Å². The van der Waals surface area contributed by atoms with E-state index in [1.807, 2.05) is 67.5 Å². The molecular formula is C25H24ClN5O. The SMILES string of the molecule is CN(C)c1cccc(Nc2ncc(Cl)cc2C(=O)CCc2ccc3c(N)nccc3c2)c1. The zero-order valence-corrected chi connectivity index (χ0v) is 18.7. The Morgan fingerprint density at radius 1 is 1.09 bits per heavy atom. The molecule has 4 rings (SSSR count). The molecule has 7 heteroatoms. The highest BCUT2D eigenvalue weighted by molar-refractivity contribution is 6.31. The van der Waals surface area contributed by atoms with Gasteiger partial charge in [0.05, 0.1) is 10.6 Å². The summed E-state index contributed by atoms with van der Waals surface area (Å²) in [6.07, 6.45) is 4.16. The predicted molar refractivity (Wildman–Crippen MR) is 132 cm³/mol. The normalized spacial score (nSPS) is 10.8. The monoisotopic (exact) mass is 445 g/mol. The molecule has 0 spiro atoms. The summed E-state index contributed by atoms with van der Waals surface area (Å²) in [6, 6.07) is 17.5. The van der Waals surface area contributed by atoms with Crippen LogP contribution in [0.4, 0.5) is 23.0 Å². The third-order valence-corrected chi connectivity index (χ3v) is 5.49. The van der Waals surface area contributed by atoms with Gasteiger partial charge in [-0.1, -0.05) is 35.9 Å². The largest absolute Gasteiger partial charge is 0.383 e. The molecule has 4 aromatic rings. The number of hydrogen-bond donors (Lipinski definition) is 2. The molecule has 0 unspecified atom stereocenters. The number of rotatable bonds is 7. The number of benzene rings is 2. The number of nitrogens with one attached hydrogen (secondary N) is 1. The van der Waals surface area contributed by atoms with Crippen molar-refractivity contribution in [2.24, 2.45) is 0 Å². The maximum Gasteiger partial charge on any atom is 0.166 e. The molecule has 6 nitrogen and oxygen atoms in total. The number of pyridine rings is 2. The number of ketones is 1. The van der Waals surface area contributed by atoms with Gasteiger partial charge in [0.2, 0.25) is 0 Å². The molecule has 0 saturated carbocycles. The minimum absolute atomic E-state index is 0.0272. The second-order valence-corrected chi connectivity index (χ2v) is 8.23. The van der Waals surface area contributed by atoms with Gasteiger partial charge in [0.15, 0.2) is 5.78 Å². The van der Waals surface area contributed by atoms with Gasteiger partial charge in [0.1, 0.15) is 11.6 Å². The molecule has 2 aromatic carbocycles. The fourth-order valence-electron chi connectivity index (χ4n) is 3.55. The van der Waals surface area contributed by atoms with Crippen molar-refractivity contribution in [3.63, 3.8) is 0 Å². The molecular weight excluding hydrogens is 422 g/mol. The first kappa shape index (κ1) is 21.6. The van der Waals surface area contributed by atoms with Crippen LogP contribution in [0.3, 0.4) is 0 Å². The molecule has 0 aliphatic heterocycles. The number of nitrogens with zero attached hydrogens (tertiary/aromatic N) is 3. The molecule has 0 aliphatic carbocycles. The Morgan fingerprint density at radius 3 is 2.75 bits per heavy atom. The van der Waals surface area contributed by atoms with Crippen molar-refractivity contribution < 1.29 is 4.79 Å². The number of carbonyl (C=O) groups excluding carboxylic acids is 1. The Kier molecular flexibility index (Phi) is 6.23. The fraction of sp³-hybridized carbons (Fsp3) is 0.160. The van der Waals surface area contributed by atoms with Crippen LogP contribution in [0.5, 0.6) is 0 Å². The van der Waals surface area contributed by atoms with Crippen molar-refractivity contribution in [2.75, 3.05) is 30.0 Å². The first-order chi connectivity index (χ1) is 15.4. The topological polar surface area (TPSA) is 84.1 Å². The molecule has 0 saturated heterocycles. The van der Waals surface area contributed by atoms with Crippen LogP contribution >= 0.6 is 11.6 Å². The number of halogens is 1. The number of carbonyl (C=O) groups is 1. The van der Waals surface area contributed by atoms with E-state index in [4.69, 9.17) is 17.3 Å². The van der Waals surface area contributed by atoms with Crippen LogP contribution in [0, 0.1) is 0 Å². The van der Waals surface area contributed by atoms with Crippen LogP contribution in [0.25, 0.3) is 10.8 Å². The number of nitrogen functional groups attached to an aromatic ring is 1. The van der Waals surface area contributed by atoms with E-state index in [0.29, 0.717) is 35.1 Å². The first-order valence-electron chi connectivity index (χ1n) is 10.3. The highest BCUT2D eigenvalue weighted by Crippen LogP contribution is 2.26. The van der Waals surface area contributed by atoms with Crippen LogP contribution < -0.4 is 16.0 Å². The fourth-order valence-corrected chi connectivity index (χ4v) is 3.71. The number of fused-ring (bicyclic) bond motifs is 1. The summed E-state index contributed by atoms with van der Waals surface area (Å²) in [5, 5.41) is 5.61. The lowest BCUT2D eigenvalue weighted by atomic mass is 10.0. The summed E-state index contributed by atoms with van der Waals surface area (Å²) in [5.41, 5.74) is 9.35. The van der Waals surface area contributed by atoms with Gasteiger partial charge >= 0.3 is 0 Å². The molecule has 2 heterocycles. The lowest BCUT2D eigenvalue weighted by molar-refractivity contribution is 0.0983. The van der Waals surface area contributed by atoms with Crippen molar-refractivity contribution in [2.45, 2.75) is 12.8 Å². The van der Waals surface area contributed by atoms with Crippen molar-refractivity contribution in [1.82, 2.24) is 9.97 Å². The standard InChI is InChI=1S/C25H24ClN5O/c1-31(2)20-5-3-4-19(14-20)30-25-22(13-18(26)15-29-25)23(32)9-7-16-6-8-21-17(12-16)10-11-28-24(21)27/h3-6,8,10-15H,7,9H2,1-2H3,(H2,27,28)(H,29,30). The van der Waals surface area contributed by atoms with Gasteiger partial charge in [-0.25, -0.2) is 9.97 Å². The molecule has 0 radical (unpaired) electrons. The summed E-state index contributed by atoms with van der Waals surface area (Å²) in [7, 11) is 3.96. The molecule has 3 N–H and O–H groups in total. The van der Waals surface area contributed by atoms with E-state index >= 15 is 0 Å². The van der Waals surface area contributed by atoms with Crippen LogP contribution in [-0.2, 0) is 6.42 Å². The van der Waals surface area contributed by atoms with Gasteiger partial charge in [0.25, 0.3) is 0 Å². The lowest BCUT2D eigenvalue weighted by Gasteiger charge is -2.15. The minimum atomic E-state index is -0.0272. The maximum atomic E-state index is 13.1. The van der Waals surface area contributed by atoms with Crippen LogP contribution in [-0.4, -0.2) is 29.8 Å². The average Bonchev–Trinajstić information content (AvgIpc) is 2.79. The summed E-state index contributed by atoms with van der Waals surface area (Å²) in [5.74, 6) is 0.970. The lowest BCUT2D eigenvalue weighted by Crippen LogP contribution is -2.09. The van der Waals surface area contributed by atoms with Crippen molar-refractivity contribution in [3.8, 4) is 0 Å². The summed E-state index contributed by atoms with van der Waals surface area (Å²) < 4.78 is 0. The second kappa shape index (κ2) is 9.24. The van der Waals surface area contributed by atoms with E-state index in [1.165, 1.54) is 6.20 Å². The zero-order valence-electron chi connectivity index (χ0n) is 18.0. The van der Waals surface area contributed by atoms with Crippen molar-refractivity contribution in [3.05, 3.63) is 83.1 Å². The minimum Gasteiger partial charge on any atom is -0.383 e. The molecule has 2 aromatic heterocycles. The molecule has 0 fully saturated rings. The average molecular weight is 446 g/mol. The molecule has 0 atom stereocenters. The third-order valence-electron chi connectivity index (χ3n) is 5.28. The predicted octanol–water partition coefficient (Wildman–Crippen LogP) is 5.49. The molecule has 162 valence electrons. The number of anilines is 4. The van der Waals surface area contributed by atoms with Gasteiger partial charge < -0.3 is 16.0 Å². The van der Waals surface area contributed by atoms with E-state index < -0.39 is 0 Å². The number of hydrogen-bond acceptors (Lipinski definition) is 6.